The maximum absolute atomic E-state index is 12.9. The zero-order valence-electron chi connectivity index (χ0n) is 15.1. The van der Waals surface area contributed by atoms with Crippen LogP contribution in [0.15, 0.2) is 53.4 Å². The van der Waals surface area contributed by atoms with Crippen molar-refractivity contribution in [3.8, 4) is 0 Å². The van der Waals surface area contributed by atoms with Gasteiger partial charge in [0.15, 0.2) is 0 Å². The van der Waals surface area contributed by atoms with Crippen LogP contribution in [0.3, 0.4) is 0 Å². The van der Waals surface area contributed by atoms with Crippen LogP contribution in [-0.4, -0.2) is 38.9 Å². The van der Waals surface area contributed by atoms with E-state index in [9.17, 15) is 21.9 Å². The smallest absolute Gasteiger partial charge is 0.210 e. The first-order valence-corrected chi connectivity index (χ1v) is 12.5. The molecule has 0 aliphatic heterocycles. The molecule has 0 saturated heterocycles. The van der Waals surface area contributed by atoms with Gasteiger partial charge in [-0.25, -0.2) is 16.8 Å². The van der Waals surface area contributed by atoms with E-state index in [1.165, 1.54) is 12.1 Å². The van der Waals surface area contributed by atoms with Crippen molar-refractivity contribution in [2.45, 2.75) is 23.2 Å². The predicted octanol–water partition coefficient (Wildman–Crippen LogP) is 3.26. The van der Waals surface area contributed by atoms with Crippen molar-refractivity contribution in [1.82, 2.24) is 4.98 Å². The molecule has 0 spiro atoms. The van der Waals surface area contributed by atoms with Gasteiger partial charge < -0.3 is 10.1 Å². The Morgan fingerprint density at radius 1 is 1.07 bits per heavy atom. The summed E-state index contributed by atoms with van der Waals surface area (Å²) < 4.78 is 48.7. The van der Waals surface area contributed by atoms with E-state index in [1.54, 1.807) is 36.4 Å². The fourth-order valence-electron chi connectivity index (χ4n) is 3.13. The van der Waals surface area contributed by atoms with Crippen LogP contribution in [0.2, 0.25) is 5.02 Å². The molecule has 0 amide bonds. The summed E-state index contributed by atoms with van der Waals surface area (Å²) in [4.78, 5) is 2.97. The number of sulfone groups is 2. The number of fused-ring (bicyclic) bond motifs is 1. The predicted molar refractivity (Wildman–Crippen MR) is 110 cm³/mol. The standard InChI is InChI=1S/C19H20ClNO5S2/c1-27(23,24)11-5-8-16-15-10-9-13(20)12-17(15)21-18(16)19(22)28(25,26)14-6-3-2-4-7-14/h2-4,6-7,9-10,12,19,21-22H,5,8,11H2,1H3. The van der Waals surface area contributed by atoms with Crippen molar-refractivity contribution in [3.05, 3.63) is 64.8 Å². The maximum Gasteiger partial charge on any atom is 0.210 e. The number of aryl methyl sites for hydroxylation is 1. The summed E-state index contributed by atoms with van der Waals surface area (Å²) in [7, 11) is -7.21. The van der Waals surface area contributed by atoms with Crippen molar-refractivity contribution in [3.63, 3.8) is 0 Å². The van der Waals surface area contributed by atoms with Gasteiger partial charge in [0.25, 0.3) is 0 Å². The third-order valence-electron chi connectivity index (χ3n) is 4.46. The highest BCUT2D eigenvalue weighted by Gasteiger charge is 2.31. The second-order valence-electron chi connectivity index (χ2n) is 6.65. The van der Waals surface area contributed by atoms with E-state index in [1.807, 2.05) is 0 Å². The lowest BCUT2D eigenvalue weighted by Gasteiger charge is -2.13. The average molecular weight is 442 g/mol. The minimum atomic E-state index is -4.05. The third kappa shape index (κ3) is 4.41. The van der Waals surface area contributed by atoms with E-state index in [0.717, 1.165) is 6.26 Å². The summed E-state index contributed by atoms with van der Waals surface area (Å²) in [6, 6.07) is 12.7. The lowest BCUT2D eigenvalue weighted by Crippen LogP contribution is -2.15. The highest BCUT2D eigenvalue weighted by atomic mass is 35.5. The Morgan fingerprint density at radius 2 is 1.75 bits per heavy atom. The molecule has 0 radical (unpaired) electrons. The van der Waals surface area contributed by atoms with E-state index >= 15 is 0 Å². The zero-order valence-corrected chi connectivity index (χ0v) is 17.5. The number of halogens is 1. The molecule has 150 valence electrons. The molecule has 28 heavy (non-hydrogen) atoms. The Kier molecular flexibility index (Phi) is 5.86. The Morgan fingerprint density at radius 3 is 2.39 bits per heavy atom. The first kappa shape index (κ1) is 20.9. The first-order valence-electron chi connectivity index (χ1n) is 8.54. The second kappa shape index (κ2) is 7.87. The van der Waals surface area contributed by atoms with Gasteiger partial charge in [-0.3, -0.25) is 0 Å². The minimum absolute atomic E-state index is 0.00118. The first-order chi connectivity index (χ1) is 13.1. The number of hydrogen-bond donors (Lipinski definition) is 2. The number of aliphatic hydroxyl groups excluding tert-OH is 1. The number of nitrogens with one attached hydrogen (secondary N) is 1. The van der Waals surface area contributed by atoms with Crippen LogP contribution in [0, 0.1) is 0 Å². The molecule has 2 N–H and O–H groups in total. The zero-order chi connectivity index (χ0) is 20.5. The number of benzene rings is 2. The van der Waals surface area contributed by atoms with E-state index < -0.39 is 25.1 Å². The van der Waals surface area contributed by atoms with Gasteiger partial charge in [-0.1, -0.05) is 35.9 Å². The van der Waals surface area contributed by atoms with Crippen molar-refractivity contribution >= 4 is 42.2 Å². The molecular formula is C19H20ClNO5S2. The van der Waals surface area contributed by atoms with Gasteiger partial charge in [-0.15, -0.1) is 0 Å². The number of rotatable bonds is 7. The van der Waals surface area contributed by atoms with Crippen LogP contribution in [0.25, 0.3) is 10.9 Å². The number of H-pyrrole nitrogens is 1. The quantitative estimate of drug-likeness (QED) is 0.585. The highest BCUT2D eigenvalue weighted by Crippen LogP contribution is 2.34. The molecule has 0 fully saturated rings. The third-order valence-corrected chi connectivity index (χ3v) is 7.47. The molecule has 1 unspecified atom stereocenters. The van der Waals surface area contributed by atoms with Gasteiger partial charge >= 0.3 is 0 Å². The molecule has 3 rings (SSSR count). The van der Waals surface area contributed by atoms with Gasteiger partial charge in [0.2, 0.25) is 15.3 Å². The fourth-order valence-corrected chi connectivity index (χ4v) is 5.28. The molecule has 0 aliphatic rings. The Hall–Kier alpha value is -1.87. The van der Waals surface area contributed by atoms with Gasteiger partial charge in [0, 0.05) is 22.2 Å². The number of aliphatic hydroxyl groups is 1. The van der Waals surface area contributed by atoms with Gasteiger partial charge in [0.05, 0.1) is 16.3 Å². The fraction of sp³-hybridized carbons (Fsp3) is 0.263. The van der Waals surface area contributed by atoms with Crippen molar-refractivity contribution in [2.24, 2.45) is 0 Å². The Balaban J connectivity index is 2.07. The van der Waals surface area contributed by atoms with E-state index in [4.69, 9.17) is 11.6 Å². The molecule has 1 aromatic heterocycles. The van der Waals surface area contributed by atoms with Gasteiger partial charge in [-0.05, 0) is 42.7 Å². The van der Waals surface area contributed by atoms with Crippen molar-refractivity contribution in [1.29, 1.82) is 0 Å². The summed E-state index contributed by atoms with van der Waals surface area (Å²) in [5, 5.41) is 11.9. The van der Waals surface area contributed by atoms with E-state index in [0.29, 0.717) is 34.3 Å². The molecule has 0 aliphatic carbocycles. The topological polar surface area (TPSA) is 104 Å². The van der Waals surface area contributed by atoms with E-state index in [-0.39, 0.29) is 16.3 Å². The Bertz CT molecular complexity index is 1200. The largest absolute Gasteiger partial charge is 0.372 e. The van der Waals surface area contributed by atoms with Gasteiger partial charge in [-0.2, -0.15) is 0 Å². The summed E-state index contributed by atoms with van der Waals surface area (Å²) in [5.74, 6) is -0.0335. The molecule has 3 aromatic rings. The highest BCUT2D eigenvalue weighted by molar-refractivity contribution is 7.91. The normalized spacial score (nSPS) is 13.7. The molecule has 1 heterocycles. The van der Waals surface area contributed by atoms with Crippen molar-refractivity contribution in [2.75, 3.05) is 12.0 Å². The van der Waals surface area contributed by atoms with E-state index in [2.05, 4.69) is 4.98 Å². The molecule has 0 bridgehead atoms. The number of aromatic nitrogens is 1. The molecule has 6 nitrogen and oxygen atoms in total. The molecule has 1 atom stereocenters. The van der Waals surface area contributed by atoms with Crippen LogP contribution >= 0.6 is 11.6 Å². The maximum atomic E-state index is 12.9. The van der Waals surface area contributed by atoms with Crippen LogP contribution in [0.1, 0.15) is 23.1 Å². The molecular weight excluding hydrogens is 422 g/mol. The monoisotopic (exact) mass is 441 g/mol. The lowest BCUT2D eigenvalue weighted by atomic mass is 10.1. The average Bonchev–Trinajstić information content (AvgIpc) is 2.98. The number of aromatic amines is 1. The van der Waals surface area contributed by atoms with Gasteiger partial charge in [0.1, 0.15) is 9.84 Å². The van der Waals surface area contributed by atoms with Crippen LogP contribution in [0.4, 0.5) is 0 Å². The van der Waals surface area contributed by atoms with Crippen LogP contribution in [-0.2, 0) is 26.1 Å². The number of hydrogen-bond acceptors (Lipinski definition) is 5. The summed E-state index contributed by atoms with van der Waals surface area (Å²) >= 11 is 6.03. The summed E-state index contributed by atoms with van der Waals surface area (Å²) in [6.07, 6.45) is 1.75. The van der Waals surface area contributed by atoms with Crippen molar-refractivity contribution < 1.29 is 21.9 Å². The molecule has 2 aromatic carbocycles. The van der Waals surface area contributed by atoms with Crippen LogP contribution in [0.5, 0.6) is 0 Å². The molecule has 0 saturated carbocycles. The molecule has 9 heteroatoms. The second-order valence-corrected chi connectivity index (χ2v) is 11.4. The summed E-state index contributed by atoms with van der Waals surface area (Å²) in [5.41, 5.74) is -0.523. The lowest BCUT2D eigenvalue weighted by molar-refractivity contribution is 0.249. The summed E-state index contributed by atoms with van der Waals surface area (Å²) in [6.45, 7) is 0. The minimum Gasteiger partial charge on any atom is -0.372 e. The SMILES string of the molecule is CS(=O)(=O)CCCc1c(C(O)S(=O)(=O)c2ccccc2)[nH]c2cc(Cl)ccc12. The van der Waals surface area contributed by atoms with Crippen LogP contribution < -0.4 is 0 Å². The Labute approximate surface area is 169 Å².